The minimum Gasteiger partial charge on any atom is -0.382 e. The molecule has 0 heterocycles. The molecule has 1 nitrogen and oxygen atoms in total. The summed E-state index contributed by atoms with van der Waals surface area (Å²) in [6.45, 7) is 3.94. The van der Waals surface area contributed by atoms with Crippen LogP contribution >= 0.6 is 0 Å². The van der Waals surface area contributed by atoms with E-state index in [1.807, 2.05) is 0 Å². The number of anilines is 1. The molecule has 2 rings (SSSR count). The molecule has 1 aliphatic rings. The number of allylic oxidation sites excluding steroid dienone is 1. The number of hydrogen-bond acceptors (Lipinski definition) is 1. The summed E-state index contributed by atoms with van der Waals surface area (Å²) in [6, 6.07) is 5.55. The predicted molar refractivity (Wildman–Crippen MR) is 66.5 cm³/mol. The predicted octanol–water partition coefficient (Wildman–Crippen LogP) is 4.62. The summed E-state index contributed by atoms with van der Waals surface area (Å²) in [7, 11) is 0. The highest BCUT2D eigenvalue weighted by atomic mass is 19.4. The van der Waals surface area contributed by atoms with Gasteiger partial charge in [-0.25, -0.2) is 0 Å². The number of benzene rings is 1. The summed E-state index contributed by atoms with van der Waals surface area (Å²) in [5.41, 5.74) is 1.41. The fourth-order valence-electron chi connectivity index (χ4n) is 2.16. The Morgan fingerprint density at radius 1 is 1.06 bits per heavy atom. The minimum atomic E-state index is -4.26. The Bertz CT molecular complexity index is 410. The van der Waals surface area contributed by atoms with Crippen molar-refractivity contribution in [3.8, 4) is 0 Å². The fourth-order valence-corrected chi connectivity index (χ4v) is 2.16. The molecule has 4 heteroatoms. The van der Waals surface area contributed by atoms with Crippen LogP contribution < -0.4 is 5.32 Å². The van der Waals surface area contributed by atoms with Crippen molar-refractivity contribution in [3.05, 3.63) is 42.0 Å². The van der Waals surface area contributed by atoms with Crippen molar-refractivity contribution in [1.82, 2.24) is 0 Å². The molecule has 1 N–H and O–H groups in total. The summed E-state index contributed by atoms with van der Waals surface area (Å²) in [6.07, 6.45) is -0.266. The average Bonchev–Trinajstić information content (AvgIpc) is 2.32. The second-order valence-electron chi connectivity index (χ2n) is 4.74. The quantitative estimate of drug-likeness (QED) is 0.760. The van der Waals surface area contributed by atoms with E-state index < -0.39 is 11.7 Å². The van der Waals surface area contributed by atoms with Gasteiger partial charge in [-0.3, -0.25) is 0 Å². The van der Waals surface area contributed by atoms with Crippen molar-refractivity contribution in [2.75, 3.05) is 5.32 Å². The molecule has 0 saturated heterocycles. The van der Waals surface area contributed by atoms with Crippen molar-refractivity contribution in [2.45, 2.75) is 37.9 Å². The van der Waals surface area contributed by atoms with Crippen LogP contribution in [0.1, 0.15) is 31.2 Å². The Kier molecular flexibility index (Phi) is 3.64. The van der Waals surface area contributed by atoms with E-state index >= 15 is 0 Å². The molecule has 98 valence electrons. The van der Waals surface area contributed by atoms with E-state index in [-0.39, 0.29) is 0 Å². The number of alkyl halides is 3. The third kappa shape index (κ3) is 3.28. The Morgan fingerprint density at radius 2 is 1.61 bits per heavy atom. The van der Waals surface area contributed by atoms with Gasteiger partial charge in [-0.1, -0.05) is 12.2 Å². The summed E-state index contributed by atoms with van der Waals surface area (Å²) in [5, 5.41) is 3.27. The first-order chi connectivity index (χ1) is 8.45. The average molecular weight is 255 g/mol. The first kappa shape index (κ1) is 13.0. The van der Waals surface area contributed by atoms with Crippen LogP contribution in [0.3, 0.4) is 0 Å². The zero-order valence-electron chi connectivity index (χ0n) is 10.1. The third-order valence-corrected chi connectivity index (χ3v) is 3.28. The highest BCUT2D eigenvalue weighted by Gasteiger charge is 2.30. The molecule has 0 unspecified atom stereocenters. The Balaban J connectivity index is 1.96. The van der Waals surface area contributed by atoms with Gasteiger partial charge in [0.1, 0.15) is 0 Å². The molecule has 1 fully saturated rings. The summed E-state index contributed by atoms with van der Waals surface area (Å²) in [4.78, 5) is 0. The molecule has 18 heavy (non-hydrogen) atoms. The number of halogens is 3. The first-order valence-electron chi connectivity index (χ1n) is 6.05. The second kappa shape index (κ2) is 5.04. The zero-order valence-corrected chi connectivity index (χ0v) is 10.1. The summed E-state index contributed by atoms with van der Waals surface area (Å²) < 4.78 is 37.2. The standard InChI is InChI=1S/C14H16F3N/c1-10-2-6-12(7-3-10)18-13-8-4-11(5-9-13)14(15,16)17/h4-5,8-9,12,18H,1-3,6-7H2. The smallest absolute Gasteiger partial charge is 0.382 e. The monoisotopic (exact) mass is 255 g/mol. The number of rotatable bonds is 2. The lowest BCUT2D eigenvalue weighted by Gasteiger charge is -2.25. The largest absolute Gasteiger partial charge is 0.416 e. The van der Waals surface area contributed by atoms with Gasteiger partial charge in [-0.15, -0.1) is 0 Å². The maximum absolute atomic E-state index is 12.4. The number of hydrogen-bond donors (Lipinski definition) is 1. The van der Waals surface area contributed by atoms with Gasteiger partial charge in [0.2, 0.25) is 0 Å². The van der Waals surface area contributed by atoms with E-state index in [0.717, 1.165) is 43.5 Å². The van der Waals surface area contributed by atoms with Gasteiger partial charge >= 0.3 is 6.18 Å². The van der Waals surface area contributed by atoms with Crippen LogP contribution in [0.25, 0.3) is 0 Å². The van der Waals surface area contributed by atoms with E-state index in [1.165, 1.54) is 17.7 Å². The van der Waals surface area contributed by atoms with Crippen molar-refractivity contribution in [2.24, 2.45) is 0 Å². The Labute approximate surface area is 105 Å². The normalized spacial score (nSPS) is 17.8. The Morgan fingerprint density at radius 3 is 2.11 bits per heavy atom. The summed E-state index contributed by atoms with van der Waals surface area (Å²) >= 11 is 0. The molecular formula is C14H16F3N. The van der Waals surface area contributed by atoms with Crippen LogP contribution in [-0.2, 0) is 6.18 Å². The molecule has 0 aliphatic heterocycles. The third-order valence-electron chi connectivity index (χ3n) is 3.28. The fraction of sp³-hybridized carbons (Fsp3) is 0.429. The van der Waals surface area contributed by atoms with Crippen LogP contribution in [0.2, 0.25) is 0 Å². The van der Waals surface area contributed by atoms with E-state index in [4.69, 9.17) is 0 Å². The van der Waals surface area contributed by atoms with Gasteiger partial charge in [-0.05, 0) is 49.9 Å². The van der Waals surface area contributed by atoms with Gasteiger partial charge < -0.3 is 5.32 Å². The molecule has 1 aliphatic carbocycles. The molecule has 0 aromatic heterocycles. The molecule has 0 amide bonds. The SMILES string of the molecule is C=C1CCC(Nc2ccc(C(F)(F)F)cc2)CC1. The second-order valence-corrected chi connectivity index (χ2v) is 4.74. The molecule has 1 aromatic carbocycles. The van der Waals surface area contributed by atoms with Crippen LogP contribution in [0.15, 0.2) is 36.4 Å². The first-order valence-corrected chi connectivity index (χ1v) is 6.05. The van der Waals surface area contributed by atoms with Gasteiger partial charge in [0.05, 0.1) is 5.56 Å². The van der Waals surface area contributed by atoms with Gasteiger partial charge in [0.15, 0.2) is 0 Å². The van der Waals surface area contributed by atoms with E-state index in [0.29, 0.717) is 6.04 Å². The van der Waals surface area contributed by atoms with E-state index in [1.54, 1.807) is 0 Å². The Hall–Kier alpha value is -1.45. The topological polar surface area (TPSA) is 12.0 Å². The maximum atomic E-state index is 12.4. The number of nitrogens with one attached hydrogen (secondary N) is 1. The van der Waals surface area contributed by atoms with E-state index in [2.05, 4.69) is 11.9 Å². The molecule has 0 radical (unpaired) electrons. The van der Waals surface area contributed by atoms with Crippen molar-refractivity contribution >= 4 is 5.69 Å². The van der Waals surface area contributed by atoms with Crippen molar-refractivity contribution in [3.63, 3.8) is 0 Å². The molecular weight excluding hydrogens is 239 g/mol. The van der Waals surface area contributed by atoms with Gasteiger partial charge in [0.25, 0.3) is 0 Å². The molecule has 0 spiro atoms. The molecule has 0 atom stereocenters. The lowest BCUT2D eigenvalue weighted by Crippen LogP contribution is -2.22. The van der Waals surface area contributed by atoms with Gasteiger partial charge in [0, 0.05) is 11.7 Å². The van der Waals surface area contributed by atoms with Crippen molar-refractivity contribution in [1.29, 1.82) is 0 Å². The lowest BCUT2D eigenvalue weighted by atomic mass is 9.92. The minimum absolute atomic E-state index is 0.340. The highest BCUT2D eigenvalue weighted by Crippen LogP contribution is 2.30. The van der Waals surface area contributed by atoms with Gasteiger partial charge in [-0.2, -0.15) is 13.2 Å². The lowest BCUT2D eigenvalue weighted by molar-refractivity contribution is -0.137. The van der Waals surface area contributed by atoms with E-state index in [9.17, 15) is 13.2 Å². The van der Waals surface area contributed by atoms with Crippen molar-refractivity contribution < 1.29 is 13.2 Å². The highest BCUT2D eigenvalue weighted by molar-refractivity contribution is 5.46. The summed E-state index contributed by atoms with van der Waals surface area (Å²) in [5.74, 6) is 0. The maximum Gasteiger partial charge on any atom is 0.416 e. The molecule has 0 bridgehead atoms. The molecule has 1 saturated carbocycles. The van der Waals surface area contributed by atoms with Crippen LogP contribution in [0.4, 0.5) is 18.9 Å². The van der Waals surface area contributed by atoms with Crippen LogP contribution in [0, 0.1) is 0 Å². The van der Waals surface area contributed by atoms with Crippen LogP contribution in [0.5, 0.6) is 0 Å². The zero-order chi connectivity index (χ0) is 13.2. The van der Waals surface area contributed by atoms with Crippen LogP contribution in [-0.4, -0.2) is 6.04 Å². The molecule has 1 aromatic rings.